The molecule has 0 aliphatic rings. The van der Waals surface area contributed by atoms with E-state index in [0.29, 0.717) is 11.8 Å². The Morgan fingerprint density at radius 1 is 0.174 bits per heavy atom. The molecule has 0 radical (unpaired) electrons. The Morgan fingerprint density at radius 2 is 0.478 bits per heavy atom. The van der Waals surface area contributed by atoms with Crippen molar-refractivity contribution in [2.45, 2.75) is 0 Å². The largest absolute Gasteiger partial charge is 0.309 e. The average molecular weight is 1470 g/mol. The molecule has 0 saturated carbocycles. The predicted molar refractivity (Wildman–Crippen MR) is 476 cm³/mol. The number of para-hydroxylation sites is 7. The van der Waals surface area contributed by atoms with Gasteiger partial charge in [0.05, 0.1) is 55.7 Å². The van der Waals surface area contributed by atoms with Gasteiger partial charge in [0.2, 0.25) is 5.95 Å². The van der Waals surface area contributed by atoms with Gasteiger partial charge in [-0.2, -0.15) is 0 Å². The number of benzene rings is 16. The Balaban J connectivity index is 0.000000112. The molecule has 0 bridgehead atoms. The van der Waals surface area contributed by atoms with E-state index in [1.54, 1.807) is 0 Å². The summed E-state index contributed by atoms with van der Waals surface area (Å²) in [5, 5.41) is 8.50. The van der Waals surface area contributed by atoms with Crippen molar-refractivity contribution in [1.29, 1.82) is 0 Å². The number of rotatable bonds is 12. The summed E-state index contributed by atoms with van der Waals surface area (Å²) in [7, 11) is 0. The first-order valence-electron chi connectivity index (χ1n) is 38.7. The lowest BCUT2D eigenvalue weighted by molar-refractivity contribution is 0.992. The summed E-state index contributed by atoms with van der Waals surface area (Å²) >= 11 is 0. The Hall–Kier alpha value is -15.6. The lowest BCUT2D eigenvalue weighted by Crippen LogP contribution is -2.01. The molecule has 0 unspecified atom stereocenters. The van der Waals surface area contributed by atoms with Crippen LogP contribution < -0.4 is 0 Å². The van der Waals surface area contributed by atoms with E-state index in [4.69, 9.17) is 19.9 Å². The van der Waals surface area contributed by atoms with Gasteiger partial charge in [-0.1, -0.05) is 303 Å². The monoisotopic (exact) mass is 1470 g/mol. The second kappa shape index (κ2) is 30.4. The first-order chi connectivity index (χ1) is 57.0. The molecule has 0 N–H and O–H groups in total. The van der Waals surface area contributed by atoms with E-state index in [1.165, 1.54) is 87.8 Å². The minimum atomic E-state index is 0.674. The number of nitrogens with zero attached hydrogens (tertiary/aromatic N) is 9. The average Bonchev–Trinajstić information content (AvgIpc) is 1.61. The third kappa shape index (κ3) is 13.4. The molecule has 0 saturated heterocycles. The van der Waals surface area contributed by atoms with Crippen molar-refractivity contribution in [1.82, 2.24) is 43.6 Å². The van der Waals surface area contributed by atoms with Crippen molar-refractivity contribution < 1.29 is 0 Å². The van der Waals surface area contributed by atoms with Crippen LogP contribution in [0.25, 0.3) is 195 Å². The fraction of sp³-hybridized carbons (Fsp3) is 0. The summed E-state index contributed by atoms with van der Waals surface area (Å²) in [5.74, 6) is 2.12. The van der Waals surface area contributed by atoms with Crippen LogP contribution in [0.15, 0.2) is 431 Å². The molecular weight excluding hydrogens is 1400 g/mol. The minimum absolute atomic E-state index is 0.674. The lowest BCUT2D eigenvalue weighted by atomic mass is 9.98. The summed E-state index contributed by atoms with van der Waals surface area (Å²) in [6, 6.07) is 146. The lowest BCUT2D eigenvalue weighted by Gasteiger charge is -2.11. The molecule has 22 aromatic rings. The van der Waals surface area contributed by atoms with Gasteiger partial charge < -0.3 is 9.13 Å². The number of hydrogen-bond donors (Lipinski definition) is 0. The van der Waals surface area contributed by atoms with Gasteiger partial charge in [-0.25, -0.2) is 29.9 Å². The van der Waals surface area contributed by atoms with Gasteiger partial charge in [0.15, 0.2) is 11.6 Å². The quantitative estimate of drug-likeness (QED) is 0.121. The highest BCUT2D eigenvalue weighted by atomic mass is 15.2. The van der Waals surface area contributed by atoms with Gasteiger partial charge in [-0.3, -0.25) is 4.57 Å². The van der Waals surface area contributed by atoms with Gasteiger partial charge in [-0.15, -0.1) is 0 Å². The molecule has 16 aromatic carbocycles. The van der Waals surface area contributed by atoms with Crippen LogP contribution in [0.5, 0.6) is 0 Å². The summed E-state index contributed by atoms with van der Waals surface area (Å²) < 4.78 is 6.80. The smallest absolute Gasteiger partial charge is 0.235 e. The van der Waals surface area contributed by atoms with Crippen molar-refractivity contribution in [3.63, 3.8) is 0 Å². The maximum absolute atomic E-state index is 5.03. The fourth-order valence-electron chi connectivity index (χ4n) is 16.0. The second-order valence-corrected chi connectivity index (χ2v) is 28.5. The Morgan fingerprint density at radius 3 is 0.904 bits per heavy atom. The molecule has 6 heterocycles. The molecule has 540 valence electrons. The zero-order valence-corrected chi connectivity index (χ0v) is 62.5. The van der Waals surface area contributed by atoms with Crippen molar-refractivity contribution in [3.05, 3.63) is 431 Å². The Kier molecular flexibility index (Phi) is 18.1. The first kappa shape index (κ1) is 68.7. The van der Waals surface area contributed by atoms with Gasteiger partial charge in [0, 0.05) is 89.3 Å². The van der Waals surface area contributed by atoms with Crippen LogP contribution in [0.3, 0.4) is 0 Å². The van der Waals surface area contributed by atoms with Gasteiger partial charge in [-0.05, 0) is 160 Å². The zero-order valence-electron chi connectivity index (χ0n) is 62.5. The highest BCUT2D eigenvalue weighted by Gasteiger charge is 2.19. The Labute approximate surface area is 665 Å². The van der Waals surface area contributed by atoms with E-state index in [9.17, 15) is 0 Å². The van der Waals surface area contributed by atoms with Gasteiger partial charge in [0.1, 0.15) is 0 Å². The Bertz CT molecular complexity index is 7140. The summed E-state index contributed by atoms with van der Waals surface area (Å²) in [6.07, 6.45) is 3.70. The SMILES string of the molecule is c1ccc(-c2ccc(-c3cccc(-c4ccnc(-c5ccc(-n6c7ccccc7c7ccccc76)cc5)n4)c3)cc2)cc1.c1ccc(-c2ccc(-c3cccc(-c4ccnc(-n5c6ccccc6c6ccccc65)n4)c3)cc2)cc1.c1ccc(-c2nc(-c3ccc(-n4c5ccccc5c5ccccc54)cc3)nc3ccccc23)cc1. The zero-order chi connectivity index (χ0) is 76.4. The molecule has 0 aliphatic carbocycles. The summed E-state index contributed by atoms with van der Waals surface area (Å²) in [5.41, 5.74) is 27.7. The third-order valence-electron chi connectivity index (χ3n) is 21.6. The highest BCUT2D eigenvalue weighted by molar-refractivity contribution is 6.11. The van der Waals surface area contributed by atoms with Crippen molar-refractivity contribution in [2.24, 2.45) is 0 Å². The van der Waals surface area contributed by atoms with E-state index in [2.05, 4.69) is 388 Å². The molecule has 9 nitrogen and oxygen atoms in total. The molecule has 6 aromatic heterocycles. The first-order valence-corrected chi connectivity index (χ1v) is 38.7. The van der Waals surface area contributed by atoms with E-state index in [0.717, 1.165) is 95.2 Å². The number of fused-ring (bicyclic) bond motifs is 10. The van der Waals surface area contributed by atoms with Crippen LogP contribution in [0, 0.1) is 0 Å². The number of aromatic nitrogens is 9. The molecule has 0 fully saturated rings. The van der Waals surface area contributed by atoms with Crippen LogP contribution in [0.1, 0.15) is 0 Å². The summed E-state index contributed by atoms with van der Waals surface area (Å²) in [4.78, 5) is 29.2. The molecule has 0 amide bonds. The van der Waals surface area contributed by atoms with Crippen molar-refractivity contribution in [2.75, 3.05) is 0 Å². The van der Waals surface area contributed by atoms with Crippen LogP contribution >= 0.6 is 0 Å². The van der Waals surface area contributed by atoms with Gasteiger partial charge in [0.25, 0.3) is 0 Å². The molecule has 22 rings (SSSR count). The van der Waals surface area contributed by atoms with E-state index in [1.807, 2.05) is 67.0 Å². The van der Waals surface area contributed by atoms with Crippen LogP contribution in [0.4, 0.5) is 0 Å². The topological polar surface area (TPSA) is 92.1 Å². The van der Waals surface area contributed by atoms with Gasteiger partial charge >= 0.3 is 0 Å². The normalized spacial score (nSPS) is 11.3. The third-order valence-corrected chi connectivity index (χ3v) is 21.6. The molecule has 0 atom stereocenters. The van der Waals surface area contributed by atoms with E-state index in [-0.39, 0.29) is 0 Å². The molecular formula is C106H71N9. The van der Waals surface area contributed by atoms with Crippen LogP contribution in [0.2, 0.25) is 0 Å². The van der Waals surface area contributed by atoms with Crippen LogP contribution in [-0.4, -0.2) is 43.6 Å². The second-order valence-electron chi connectivity index (χ2n) is 28.5. The highest BCUT2D eigenvalue weighted by Crippen LogP contribution is 2.39. The standard InChI is InChI=1S/C40H27N3.C34H23N3.C32H21N3/c1-2-9-28(10-3-1)29-17-19-30(20-18-29)32-11-8-12-33(27-32)37-25-26-41-40(42-37)31-21-23-34(24-22-31)43-38-15-6-4-13-35(38)36-14-5-7-16-39(36)43;1-2-9-24(10-3-1)25-17-19-26(20-18-25)27-11-8-12-28(23-27)31-21-22-35-34(36-31)37-32-15-6-4-13-29(32)30-14-5-7-16-33(30)37;1-2-10-22(11-3-1)31-27-14-4-7-15-28(27)33-32(34-31)23-18-20-24(21-19-23)35-29-16-8-5-12-25(29)26-13-6-9-17-30(26)35/h1-27H;1-23H;1-21H. The van der Waals surface area contributed by atoms with Crippen molar-refractivity contribution >= 4 is 76.3 Å². The predicted octanol–water partition coefficient (Wildman–Crippen LogP) is 26.9. The molecule has 9 heteroatoms. The number of hydrogen-bond acceptors (Lipinski definition) is 6. The van der Waals surface area contributed by atoms with E-state index < -0.39 is 0 Å². The van der Waals surface area contributed by atoms with Crippen LogP contribution in [-0.2, 0) is 0 Å². The maximum Gasteiger partial charge on any atom is 0.235 e. The maximum atomic E-state index is 5.03. The molecule has 0 spiro atoms. The molecule has 115 heavy (non-hydrogen) atoms. The van der Waals surface area contributed by atoms with Crippen molar-refractivity contribution in [3.8, 4) is 118 Å². The minimum Gasteiger partial charge on any atom is -0.309 e. The molecule has 0 aliphatic heterocycles. The fourth-order valence-corrected chi connectivity index (χ4v) is 16.0. The summed E-state index contributed by atoms with van der Waals surface area (Å²) in [6.45, 7) is 0. The van der Waals surface area contributed by atoms with E-state index >= 15 is 0 Å².